The monoisotopic (exact) mass is 292 g/mol. The van der Waals surface area contributed by atoms with Crippen molar-refractivity contribution in [2.45, 2.75) is 6.54 Å². The summed E-state index contributed by atoms with van der Waals surface area (Å²) in [4.78, 5) is 10.4. The smallest absolute Gasteiger partial charge is 0.328 e. The third-order valence-electron chi connectivity index (χ3n) is 2.51. The van der Waals surface area contributed by atoms with Crippen molar-refractivity contribution >= 4 is 23.6 Å². The van der Waals surface area contributed by atoms with Crippen LogP contribution < -0.4 is 4.74 Å². The van der Waals surface area contributed by atoms with Crippen LogP contribution in [0.2, 0.25) is 5.02 Å². The van der Waals surface area contributed by atoms with Crippen molar-refractivity contribution in [3.05, 3.63) is 53.3 Å². The van der Waals surface area contributed by atoms with E-state index in [9.17, 15) is 4.79 Å². The van der Waals surface area contributed by atoms with E-state index in [1.165, 1.54) is 6.08 Å². The van der Waals surface area contributed by atoms with E-state index in [0.717, 1.165) is 6.08 Å². The Labute approximate surface area is 121 Å². The topological polar surface area (TPSA) is 64.3 Å². The fraction of sp³-hybridized carbons (Fsp3) is 0.143. The highest BCUT2D eigenvalue weighted by Crippen LogP contribution is 2.26. The molecule has 0 aliphatic rings. The van der Waals surface area contributed by atoms with Crippen LogP contribution in [0.15, 0.2) is 42.7 Å². The Hall–Kier alpha value is -2.27. The second-order valence-corrected chi connectivity index (χ2v) is 4.39. The van der Waals surface area contributed by atoms with Crippen molar-refractivity contribution in [3.8, 4) is 5.75 Å². The molecule has 6 heteroatoms. The number of aromatic nitrogens is 2. The van der Waals surface area contributed by atoms with Crippen molar-refractivity contribution < 1.29 is 14.6 Å². The molecule has 20 heavy (non-hydrogen) atoms. The number of aliphatic carboxylic acids is 1. The van der Waals surface area contributed by atoms with Gasteiger partial charge >= 0.3 is 5.97 Å². The number of ether oxygens (including phenoxy) is 1. The van der Waals surface area contributed by atoms with Gasteiger partial charge in [-0.1, -0.05) is 17.7 Å². The molecule has 0 atom stereocenters. The van der Waals surface area contributed by atoms with E-state index < -0.39 is 5.97 Å². The SMILES string of the molecule is O=C(O)C=Cc1ccc(OCCn2cccn2)c(Cl)c1. The summed E-state index contributed by atoms with van der Waals surface area (Å²) in [6.07, 6.45) is 6.09. The maximum Gasteiger partial charge on any atom is 0.328 e. The van der Waals surface area contributed by atoms with E-state index in [-0.39, 0.29) is 0 Å². The van der Waals surface area contributed by atoms with Crippen molar-refractivity contribution in [1.29, 1.82) is 0 Å². The van der Waals surface area contributed by atoms with Gasteiger partial charge in [-0.2, -0.15) is 5.10 Å². The van der Waals surface area contributed by atoms with E-state index in [0.29, 0.717) is 29.5 Å². The molecule has 0 fully saturated rings. The van der Waals surface area contributed by atoms with Gasteiger partial charge < -0.3 is 9.84 Å². The second-order valence-electron chi connectivity index (χ2n) is 3.98. The first-order valence-corrected chi connectivity index (χ1v) is 6.34. The molecular formula is C14H13ClN2O3. The molecule has 1 N–H and O–H groups in total. The van der Waals surface area contributed by atoms with Gasteiger partial charge in [0.15, 0.2) is 0 Å². The van der Waals surface area contributed by atoms with E-state index in [4.69, 9.17) is 21.4 Å². The van der Waals surface area contributed by atoms with Crippen LogP contribution in [0.3, 0.4) is 0 Å². The van der Waals surface area contributed by atoms with Gasteiger partial charge in [-0.05, 0) is 29.8 Å². The van der Waals surface area contributed by atoms with Crippen molar-refractivity contribution in [3.63, 3.8) is 0 Å². The molecule has 0 spiro atoms. The third kappa shape index (κ3) is 4.13. The fourth-order valence-corrected chi connectivity index (χ4v) is 1.83. The van der Waals surface area contributed by atoms with Crippen LogP contribution in [0, 0.1) is 0 Å². The lowest BCUT2D eigenvalue weighted by molar-refractivity contribution is -0.131. The Morgan fingerprint density at radius 1 is 1.50 bits per heavy atom. The highest BCUT2D eigenvalue weighted by molar-refractivity contribution is 6.32. The van der Waals surface area contributed by atoms with Gasteiger partial charge in [0.1, 0.15) is 12.4 Å². The quantitative estimate of drug-likeness (QED) is 0.832. The molecule has 5 nitrogen and oxygen atoms in total. The summed E-state index contributed by atoms with van der Waals surface area (Å²) in [6.45, 7) is 1.08. The lowest BCUT2D eigenvalue weighted by atomic mass is 10.2. The van der Waals surface area contributed by atoms with Crippen LogP contribution in [0.4, 0.5) is 0 Å². The largest absolute Gasteiger partial charge is 0.490 e. The predicted octanol–water partition coefficient (Wildman–Crippen LogP) is 2.71. The standard InChI is InChI=1S/C14H13ClN2O3/c15-12-10-11(3-5-14(18)19)2-4-13(12)20-9-8-17-7-1-6-16-17/h1-7,10H,8-9H2,(H,18,19). The number of carboxylic acids is 1. The van der Waals surface area contributed by atoms with Crippen molar-refractivity contribution in [2.75, 3.05) is 6.61 Å². The molecular weight excluding hydrogens is 280 g/mol. The number of hydrogen-bond acceptors (Lipinski definition) is 3. The first-order chi connectivity index (χ1) is 9.65. The Balaban J connectivity index is 1.93. The van der Waals surface area contributed by atoms with Gasteiger partial charge in [-0.3, -0.25) is 4.68 Å². The van der Waals surface area contributed by atoms with Crippen LogP contribution in [0.25, 0.3) is 6.08 Å². The molecule has 0 unspecified atom stereocenters. The van der Waals surface area contributed by atoms with Gasteiger partial charge in [0.25, 0.3) is 0 Å². The van der Waals surface area contributed by atoms with Gasteiger partial charge in [0.2, 0.25) is 0 Å². The Bertz CT molecular complexity index is 609. The zero-order chi connectivity index (χ0) is 14.4. The number of nitrogens with zero attached hydrogens (tertiary/aromatic N) is 2. The average molecular weight is 293 g/mol. The summed E-state index contributed by atoms with van der Waals surface area (Å²) < 4.78 is 7.32. The Morgan fingerprint density at radius 2 is 2.35 bits per heavy atom. The number of benzene rings is 1. The molecule has 2 aromatic rings. The molecule has 0 saturated heterocycles. The van der Waals surface area contributed by atoms with E-state index in [1.807, 2.05) is 12.3 Å². The van der Waals surface area contributed by atoms with Gasteiger partial charge in [0.05, 0.1) is 11.6 Å². The van der Waals surface area contributed by atoms with Gasteiger partial charge in [-0.15, -0.1) is 0 Å². The summed E-state index contributed by atoms with van der Waals surface area (Å²) in [6, 6.07) is 6.96. The number of halogens is 1. The van der Waals surface area contributed by atoms with Crippen LogP contribution in [-0.4, -0.2) is 27.5 Å². The van der Waals surface area contributed by atoms with Crippen molar-refractivity contribution in [2.24, 2.45) is 0 Å². The van der Waals surface area contributed by atoms with Crippen LogP contribution >= 0.6 is 11.6 Å². The highest BCUT2D eigenvalue weighted by Gasteiger charge is 2.02. The zero-order valence-electron chi connectivity index (χ0n) is 10.6. The lowest BCUT2D eigenvalue weighted by Gasteiger charge is -2.08. The van der Waals surface area contributed by atoms with Gasteiger partial charge in [-0.25, -0.2) is 4.79 Å². The minimum atomic E-state index is -0.999. The Morgan fingerprint density at radius 3 is 3.00 bits per heavy atom. The number of carboxylic acid groups (broad SMARTS) is 1. The number of hydrogen-bond donors (Lipinski definition) is 1. The average Bonchev–Trinajstić information content (AvgIpc) is 2.92. The van der Waals surface area contributed by atoms with E-state index in [2.05, 4.69) is 5.10 Å². The molecule has 0 aliphatic carbocycles. The third-order valence-corrected chi connectivity index (χ3v) is 2.81. The number of rotatable bonds is 6. The first kappa shape index (κ1) is 14.1. The Kier molecular flexibility index (Phi) is 4.79. The zero-order valence-corrected chi connectivity index (χ0v) is 11.3. The van der Waals surface area contributed by atoms with Crippen LogP contribution in [-0.2, 0) is 11.3 Å². The fourth-order valence-electron chi connectivity index (χ4n) is 1.59. The maximum absolute atomic E-state index is 10.4. The highest BCUT2D eigenvalue weighted by atomic mass is 35.5. The van der Waals surface area contributed by atoms with E-state index >= 15 is 0 Å². The molecule has 1 aromatic carbocycles. The molecule has 0 saturated carbocycles. The summed E-state index contributed by atoms with van der Waals surface area (Å²) in [7, 11) is 0. The van der Waals surface area contributed by atoms with Crippen LogP contribution in [0.1, 0.15) is 5.56 Å². The summed E-state index contributed by atoms with van der Waals surface area (Å²) in [5.41, 5.74) is 0.705. The summed E-state index contributed by atoms with van der Waals surface area (Å²) >= 11 is 6.08. The summed E-state index contributed by atoms with van der Waals surface area (Å²) in [5, 5.41) is 13.1. The summed E-state index contributed by atoms with van der Waals surface area (Å²) in [5.74, 6) is -0.438. The van der Waals surface area contributed by atoms with Crippen LogP contribution in [0.5, 0.6) is 5.75 Å². The normalized spacial score (nSPS) is 10.8. The maximum atomic E-state index is 10.4. The number of carbonyl (C=O) groups is 1. The molecule has 0 bridgehead atoms. The molecule has 0 aliphatic heterocycles. The molecule has 1 aromatic heterocycles. The first-order valence-electron chi connectivity index (χ1n) is 5.96. The minimum absolute atomic E-state index is 0.443. The van der Waals surface area contributed by atoms with Crippen molar-refractivity contribution in [1.82, 2.24) is 9.78 Å². The molecule has 1 heterocycles. The molecule has 104 valence electrons. The van der Waals surface area contributed by atoms with E-state index in [1.54, 1.807) is 29.1 Å². The van der Waals surface area contributed by atoms with Gasteiger partial charge in [0, 0.05) is 18.5 Å². The molecule has 0 radical (unpaired) electrons. The predicted molar refractivity (Wildman–Crippen MR) is 75.8 cm³/mol. The minimum Gasteiger partial charge on any atom is -0.490 e. The molecule has 2 rings (SSSR count). The molecule has 0 amide bonds. The lowest BCUT2D eigenvalue weighted by Crippen LogP contribution is -2.08. The second kappa shape index (κ2) is 6.77.